The highest BCUT2D eigenvalue weighted by atomic mass is 19.1. The second-order valence-electron chi connectivity index (χ2n) is 9.28. The molecule has 0 radical (unpaired) electrons. The number of aryl methyl sites for hydroxylation is 1. The lowest BCUT2D eigenvalue weighted by molar-refractivity contribution is -0.117. The van der Waals surface area contributed by atoms with Crippen LogP contribution in [0.3, 0.4) is 0 Å². The zero-order chi connectivity index (χ0) is 27.7. The highest BCUT2D eigenvalue weighted by Gasteiger charge is 2.18. The number of halogens is 2. The van der Waals surface area contributed by atoms with Crippen LogP contribution >= 0.6 is 0 Å². The molecule has 0 aliphatic heterocycles. The molecule has 198 valence electrons. The van der Waals surface area contributed by atoms with E-state index in [-0.39, 0.29) is 18.2 Å². The summed E-state index contributed by atoms with van der Waals surface area (Å²) in [5.74, 6) is -1.24. The number of amides is 1. The van der Waals surface area contributed by atoms with Crippen molar-refractivity contribution in [1.29, 1.82) is 0 Å². The van der Waals surface area contributed by atoms with Gasteiger partial charge in [0.25, 0.3) is 5.56 Å². The molecule has 5 aromatic rings. The van der Waals surface area contributed by atoms with Crippen molar-refractivity contribution in [3.63, 3.8) is 0 Å². The van der Waals surface area contributed by atoms with Gasteiger partial charge in [-0.25, -0.2) is 13.8 Å². The normalized spacial score (nSPS) is 12.0. The Kier molecular flexibility index (Phi) is 7.03. The van der Waals surface area contributed by atoms with Gasteiger partial charge in [0.1, 0.15) is 11.6 Å². The summed E-state index contributed by atoms with van der Waals surface area (Å²) >= 11 is 0. The van der Waals surface area contributed by atoms with Gasteiger partial charge in [0.05, 0.1) is 41.9 Å². The Labute approximate surface area is 223 Å². The van der Waals surface area contributed by atoms with Gasteiger partial charge in [0.2, 0.25) is 5.91 Å². The van der Waals surface area contributed by atoms with Gasteiger partial charge in [-0.2, -0.15) is 0 Å². The van der Waals surface area contributed by atoms with Gasteiger partial charge in [-0.15, -0.1) is 0 Å². The maximum absolute atomic E-state index is 13.8. The summed E-state index contributed by atoms with van der Waals surface area (Å²) in [6, 6.07) is 11.7. The van der Waals surface area contributed by atoms with Crippen LogP contribution in [0.15, 0.2) is 78.1 Å². The summed E-state index contributed by atoms with van der Waals surface area (Å²) in [6.07, 6.45) is 6.71. The Hall–Kier alpha value is -4.70. The van der Waals surface area contributed by atoms with Crippen molar-refractivity contribution in [3.8, 4) is 16.9 Å². The first-order valence-electron chi connectivity index (χ1n) is 12.3. The van der Waals surface area contributed by atoms with Crippen LogP contribution in [0.5, 0.6) is 0 Å². The van der Waals surface area contributed by atoms with E-state index < -0.39 is 23.3 Å². The third kappa shape index (κ3) is 5.19. The van der Waals surface area contributed by atoms with Gasteiger partial charge in [-0.3, -0.25) is 19.1 Å². The van der Waals surface area contributed by atoms with Gasteiger partial charge in [-0.05, 0) is 80.6 Å². The van der Waals surface area contributed by atoms with Crippen LogP contribution in [-0.4, -0.2) is 38.1 Å². The number of hydrogen-bond donors (Lipinski definition) is 2. The fourth-order valence-corrected chi connectivity index (χ4v) is 4.39. The average Bonchev–Trinajstić information content (AvgIpc) is 3.26. The summed E-state index contributed by atoms with van der Waals surface area (Å²) in [5.41, 5.74) is 3.69. The number of fused-ring (bicyclic) bond motifs is 1. The maximum atomic E-state index is 13.8. The largest absolute Gasteiger partial charge is 0.315 e. The Morgan fingerprint density at radius 3 is 2.51 bits per heavy atom. The summed E-state index contributed by atoms with van der Waals surface area (Å²) in [5, 5.41) is 6.20. The molecule has 0 spiro atoms. The van der Waals surface area contributed by atoms with Crippen LogP contribution in [0.25, 0.3) is 27.8 Å². The molecule has 0 saturated heterocycles. The SMILES string of the molecule is CNC(C)C(=O)Nc1ncc(-c2ccc(F)cc2)n(Cc2cncc(-n3cc(C)c4cc(F)ccc43)c2)c1=O. The summed E-state index contributed by atoms with van der Waals surface area (Å²) in [6.45, 7) is 3.68. The molecule has 0 aliphatic carbocycles. The standard InChI is InChI=1S/C29H26F2N6O2/c1-17-15-36(25-9-8-22(31)11-24(17)25)23-10-19(12-33-13-23)16-37-26(20-4-6-21(30)7-5-20)14-34-27(29(37)39)35-28(38)18(2)32-3/h4-15,18,32H,16H2,1-3H3,(H,34,35,38). The Balaban J connectivity index is 1.58. The molecule has 0 saturated carbocycles. The quantitative estimate of drug-likeness (QED) is 0.326. The van der Waals surface area contributed by atoms with Gasteiger partial charge in [0.15, 0.2) is 5.82 Å². The topological polar surface area (TPSA) is 93.8 Å². The number of carbonyl (C=O) groups is 1. The third-order valence-corrected chi connectivity index (χ3v) is 6.63. The molecule has 3 heterocycles. The first-order chi connectivity index (χ1) is 18.7. The van der Waals surface area contributed by atoms with Crippen LogP contribution in [0.2, 0.25) is 0 Å². The number of carbonyl (C=O) groups excluding carboxylic acids is 1. The number of hydrogen-bond acceptors (Lipinski definition) is 5. The second kappa shape index (κ2) is 10.6. The van der Waals surface area contributed by atoms with Crippen LogP contribution < -0.4 is 16.2 Å². The van der Waals surface area contributed by atoms with Crippen molar-refractivity contribution in [2.24, 2.45) is 0 Å². The molecular weight excluding hydrogens is 502 g/mol. The zero-order valence-electron chi connectivity index (χ0n) is 21.6. The molecule has 5 rings (SSSR count). The van der Waals surface area contributed by atoms with Crippen molar-refractivity contribution in [2.75, 3.05) is 12.4 Å². The van der Waals surface area contributed by atoms with E-state index >= 15 is 0 Å². The van der Waals surface area contributed by atoms with E-state index in [1.807, 2.05) is 23.8 Å². The minimum absolute atomic E-state index is 0.103. The molecule has 10 heteroatoms. The molecular formula is C29H26F2N6O2. The van der Waals surface area contributed by atoms with Gasteiger partial charge >= 0.3 is 0 Å². The molecule has 0 bridgehead atoms. The number of likely N-dealkylation sites (N-methyl/N-ethyl adjacent to an activating group) is 1. The number of aromatic nitrogens is 4. The highest BCUT2D eigenvalue weighted by Crippen LogP contribution is 2.26. The lowest BCUT2D eigenvalue weighted by Gasteiger charge is -2.16. The van der Waals surface area contributed by atoms with Gasteiger partial charge in [0, 0.05) is 23.3 Å². The van der Waals surface area contributed by atoms with E-state index in [2.05, 4.69) is 20.6 Å². The first-order valence-corrected chi connectivity index (χ1v) is 12.3. The van der Waals surface area contributed by atoms with E-state index in [1.54, 1.807) is 44.6 Å². The summed E-state index contributed by atoms with van der Waals surface area (Å²) < 4.78 is 30.8. The number of rotatable bonds is 7. The number of benzene rings is 2. The van der Waals surface area contributed by atoms with E-state index in [9.17, 15) is 18.4 Å². The third-order valence-electron chi connectivity index (χ3n) is 6.63. The summed E-state index contributed by atoms with van der Waals surface area (Å²) in [7, 11) is 1.64. The smallest absolute Gasteiger partial charge is 0.294 e. The number of anilines is 1. The molecule has 1 unspecified atom stereocenters. The molecule has 0 fully saturated rings. The van der Waals surface area contributed by atoms with Crippen LogP contribution in [0.4, 0.5) is 14.6 Å². The molecule has 8 nitrogen and oxygen atoms in total. The minimum atomic E-state index is -0.536. The Morgan fingerprint density at radius 1 is 1.03 bits per heavy atom. The van der Waals surface area contributed by atoms with Gasteiger partial charge < -0.3 is 15.2 Å². The average molecular weight is 529 g/mol. The predicted octanol–water partition coefficient (Wildman–Crippen LogP) is 4.43. The minimum Gasteiger partial charge on any atom is -0.315 e. The van der Waals surface area contributed by atoms with E-state index in [1.165, 1.54) is 35.0 Å². The Morgan fingerprint density at radius 2 is 1.77 bits per heavy atom. The number of nitrogens with one attached hydrogen (secondary N) is 2. The second-order valence-corrected chi connectivity index (χ2v) is 9.28. The summed E-state index contributed by atoms with van der Waals surface area (Å²) in [4.78, 5) is 34.6. The molecule has 2 N–H and O–H groups in total. The van der Waals surface area contributed by atoms with Crippen molar-refractivity contribution < 1.29 is 13.6 Å². The van der Waals surface area contributed by atoms with Crippen molar-refractivity contribution in [1.82, 2.24) is 24.4 Å². The Bertz CT molecular complexity index is 1740. The van der Waals surface area contributed by atoms with Crippen LogP contribution in [0, 0.1) is 18.6 Å². The molecule has 2 aromatic carbocycles. The molecule has 1 atom stereocenters. The van der Waals surface area contributed by atoms with Crippen molar-refractivity contribution >= 4 is 22.6 Å². The fourth-order valence-electron chi connectivity index (χ4n) is 4.39. The lowest BCUT2D eigenvalue weighted by Crippen LogP contribution is -2.38. The molecule has 39 heavy (non-hydrogen) atoms. The zero-order valence-corrected chi connectivity index (χ0v) is 21.6. The van der Waals surface area contributed by atoms with Crippen molar-refractivity contribution in [3.05, 3.63) is 106 Å². The van der Waals surface area contributed by atoms with Crippen LogP contribution in [0.1, 0.15) is 18.1 Å². The fraction of sp³-hybridized carbons (Fsp3) is 0.172. The highest BCUT2D eigenvalue weighted by molar-refractivity contribution is 5.93. The lowest BCUT2D eigenvalue weighted by atomic mass is 10.1. The molecule has 3 aromatic heterocycles. The van der Waals surface area contributed by atoms with E-state index in [4.69, 9.17) is 0 Å². The van der Waals surface area contributed by atoms with Gasteiger partial charge in [-0.1, -0.05) is 0 Å². The molecule has 0 aliphatic rings. The van der Waals surface area contributed by atoms with E-state index in [0.717, 1.165) is 22.2 Å². The van der Waals surface area contributed by atoms with Crippen LogP contribution in [-0.2, 0) is 11.3 Å². The predicted molar refractivity (Wildman–Crippen MR) is 146 cm³/mol. The maximum Gasteiger partial charge on any atom is 0.294 e. The monoisotopic (exact) mass is 528 g/mol. The molecule has 1 amide bonds. The van der Waals surface area contributed by atoms with Crippen molar-refractivity contribution in [2.45, 2.75) is 26.4 Å². The number of pyridine rings is 1. The number of nitrogens with zero attached hydrogens (tertiary/aromatic N) is 4. The van der Waals surface area contributed by atoms with E-state index in [0.29, 0.717) is 16.8 Å². The first kappa shape index (κ1) is 25.9.